The predicted octanol–water partition coefficient (Wildman–Crippen LogP) is 2.25. The molecule has 1 fully saturated rings. The summed E-state index contributed by atoms with van der Waals surface area (Å²) in [5, 5.41) is 7.57. The minimum absolute atomic E-state index is 0.147. The molecule has 25 heavy (non-hydrogen) atoms. The normalized spacial score (nSPS) is 14.5. The summed E-state index contributed by atoms with van der Waals surface area (Å²) in [4.78, 5) is 22.9. The molecule has 0 bridgehead atoms. The molecule has 7 nitrogen and oxygen atoms in total. The van der Waals surface area contributed by atoms with Crippen molar-refractivity contribution in [3.05, 3.63) is 36.2 Å². The van der Waals surface area contributed by atoms with Crippen LogP contribution in [-0.4, -0.2) is 43.6 Å². The highest BCUT2D eigenvalue weighted by atomic mass is 16.2. The van der Waals surface area contributed by atoms with Crippen LogP contribution in [0.15, 0.2) is 24.8 Å². The maximum absolute atomic E-state index is 12.3. The van der Waals surface area contributed by atoms with Gasteiger partial charge in [0.2, 0.25) is 5.91 Å². The molecule has 3 heterocycles. The van der Waals surface area contributed by atoms with E-state index in [4.69, 9.17) is 0 Å². The summed E-state index contributed by atoms with van der Waals surface area (Å²) in [6, 6.07) is 0. The van der Waals surface area contributed by atoms with Crippen molar-refractivity contribution in [1.82, 2.24) is 24.6 Å². The number of likely N-dealkylation sites (tertiary alicyclic amines) is 1. The van der Waals surface area contributed by atoms with Gasteiger partial charge in [-0.3, -0.25) is 9.48 Å². The van der Waals surface area contributed by atoms with E-state index in [1.54, 1.807) is 10.9 Å². The molecule has 1 amide bonds. The standard InChI is InChI=1S/C18H26N6O/c1-2-6-17-20-10-15(11-21-17)9-19-16-12-22-24(13-16)14-18(25)23-7-4-3-5-8-23/h10-13,19H,2-9,14H2,1H3. The Morgan fingerprint density at radius 2 is 1.92 bits per heavy atom. The number of rotatable bonds is 7. The lowest BCUT2D eigenvalue weighted by molar-refractivity contribution is -0.132. The molecule has 0 radical (unpaired) electrons. The summed E-state index contributed by atoms with van der Waals surface area (Å²) in [6.45, 7) is 4.81. The number of nitrogens with one attached hydrogen (secondary N) is 1. The lowest BCUT2D eigenvalue weighted by Crippen LogP contribution is -2.37. The topological polar surface area (TPSA) is 75.9 Å². The van der Waals surface area contributed by atoms with E-state index in [2.05, 4.69) is 27.3 Å². The van der Waals surface area contributed by atoms with Crippen LogP contribution in [0.3, 0.4) is 0 Å². The van der Waals surface area contributed by atoms with E-state index in [1.807, 2.05) is 23.5 Å². The summed E-state index contributed by atoms with van der Waals surface area (Å²) in [5.74, 6) is 1.03. The third kappa shape index (κ3) is 5.01. The molecule has 2 aromatic rings. The van der Waals surface area contributed by atoms with E-state index < -0.39 is 0 Å². The summed E-state index contributed by atoms with van der Waals surface area (Å²) >= 11 is 0. The van der Waals surface area contributed by atoms with Gasteiger partial charge in [-0.15, -0.1) is 0 Å². The zero-order valence-corrected chi connectivity index (χ0v) is 14.8. The fourth-order valence-electron chi connectivity index (χ4n) is 2.95. The molecular weight excluding hydrogens is 316 g/mol. The second-order valence-corrected chi connectivity index (χ2v) is 6.48. The monoisotopic (exact) mass is 342 g/mol. The van der Waals surface area contributed by atoms with Gasteiger partial charge in [0.05, 0.1) is 11.9 Å². The lowest BCUT2D eigenvalue weighted by Gasteiger charge is -2.26. The first-order valence-corrected chi connectivity index (χ1v) is 9.08. The van der Waals surface area contributed by atoms with Crippen molar-refractivity contribution in [2.24, 2.45) is 0 Å². The zero-order chi connectivity index (χ0) is 17.5. The van der Waals surface area contributed by atoms with Crippen LogP contribution in [0.25, 0.3) is 0 Å². The highest BCUT2D eigenvalue weighted by molar-refractivity contribution is 5.76. The number of nitrogens with zero attached hydrogens (tertiary/aromatic N) is 5. The molecular formula is C18H26N6O. The van der Waals surface area contributed by atoms with Gasteiger partial charge in [0.25, 0.3) is 0 Å². The van der Waals surface area contributed by atoms with Crippen molar-refractivity contribution in [2.75, 3.05) is 18.4 Å². The summed E-state index contributed by atoms with van der Waals surface area (Å²) in [6.07, 6.45) is 12.7. The van der Waals surface area contributed by atoms with Crippen molar-refractivity contribution >= 4 is 11.6 Å². The van der Waals surface area contributed by atoms with E-state index in [1.165, 1.54) is 6.42 Å². The number of piperidine rings is 1. The van der Waals surface area contributed by atoms with Gasteiger partial charge in [0.1, 0.15) is 12.4 Å². The van der Waals surface area contributed by atoms with Gasteiger partial charge in [-0.25, -0.2) is 9.97 Å². The highest BCUT2D eigenvalue weighted by Gasteiger charge is 2.16. The molecule has 134 valence electrons. The summed E-state index contributed by atoms with van der Waals surface area (Å²) in [7, 11) is 0. The number of carbonyl (C=O) groups excluding carboxylic acids is 1. The molecule has 0 saturated carbocycles. The van der Waals surface area contributed by atoms with E-state index in [9.17, 15) is 4.79 Å². The second kappa shape index (κ2) is 8.60. The molecule has 0 unspecified atom stereocenters. The smallest absolute Gasteiger partial charge is 0.244 e. The van der Waals surface area contributed by atoms with Crippen LogP contribution in [-0.2, 0) is 24.3 Å². The van der Waals surface area contributed by atoms with E-state index >= 15 is 0 Å². The van der Waals surface area contributed by atoms with Gasteiger partial charge in [-0.1, -0.05) is 6.92 Å². The Morgan fingerprint density at radius 1 is 1.16 bits per heavy atom. The Balaban J connectivity index is 1.48. The van der Waals surface area contributed by atoms with Crippen LogP contribution < -0.4 is 5.32 Å². The Kier molecular flexibility index (Phi) is 5.98. The molecule has 1 saturated heterocycles. The maximum atomic E-state index is 12.3. The number of aryl methyl sites for hydroxylation is 1. The highest BCUT2D eigenvalue weighted by Crippen LogP contribution is 2.11. The number of hydrogen-bond acceptors (Lipinski definition) is 5. The molecule has 1 aliphatic rings. The number of aromatic nitrogens is 4. The molecule has 2 aromatic heterocycles. The van der Waals surface area contributed by atoms with Crippen molar-refractivity contribution in [2.45, 2.75) is 52.1 Å². The third-order valence-electron chi connectivity index (χ3n) is 4.37. The Bertz CT molecular complexity index is 675. The van der Waals surface area contributed by atoms with Crippen LogP contribution in [0.2, 0.25) is 0 Å². The van der Waals surface area contributed by atoms with Crippen LogP contribution in [0.4, 0.5) is 5.69 Å². The first-order valence-electron chi connectivity index (χ1n) is 9.08. The Labute approximate surface area is 148 Å². The first-order chi connectivity index (χ1) is 12.2. The fraction of sp³-hybridized carbons (Fsp3) is 0.556. The average Bonchev–Trinajstić information content (AvgIpc) is 3.09. The molecule has 7 heteroatoms. The number of hydrogen-bond donors (Lipinski definition) is 1. The van der Waals surface area contributed by atoms with Crippen molar-refractivity contribution in [3.8, 4) is 0 Å². The van der Waals surface area contributed by atoms with Crippen molar-refractivity contribution < 1.29 is 4.79 Å². The van der Waals surface area contributed by atoms with Gasteiger partial charge >= 0.3 is 0 Å². The lowest BCUT2D eigenvalue weighted by atomic mass is 10.1. The van der Waals surface area contributed by atoms with Crippen LogP contribution in [0.5, 0.6) is 0 Å². The summed E-state index contributed by atoms with van der Waals surface area (Å²) < 4.78 is 1.69. The van der Waals surface area contributed by atoms with Gasteiger partial charge in [-0.2, -0.15) is 5.10 Å². The number of carbonyl (C=O) groups is 1. The maximum Gasteiger partial charge on any atom is 0.244 e. The van der Waals surface area contributed by atoms with Crippen LogP contribution in [0.1, 0.15) is 44.0 Å². The average molecular weight is 342 g/mol. The minimum atomic E-state index is 0.147. The summed E-state index contributed by atoms with van der Waals surface area (Å²) in [5.41, 5.74) is 1.92. The van der Waals surface area contributed by atoms with Gasteiger partial charge in [-0.05, 0) is 25.7 Å². The number of anilines is 1. The largest absolute Gasteiger partial charge is 0.378 e. The Morgan fingerprint density at radius 3 is 2.64 bits per heavy atom. The van der Waals surface area contributed by atoms with E-state index in [-0.39, 0.29) is 5.91 Å². The molecule has 0 aromatic carbocycles. The van der Waals surface area contributed by atoms with Gasteiger partial charge in [0, 0.05) is 50.2 Å². The van der Waals surface area contributed by atoms with Crippen LogP contribution in [0, 0.1) is 0 Å². The zero-order valence-electron chi connectivity index (χ0n) is 14.8. The molecule has 0 spiro atoms. The molecule has 0 aliphatic carbocycles. The van der Waals surface area contributed by atoms with Crippen molar-refractivity contribution in [3.63, 3.8) is 0 Å². The third-order valence-corrected chi connectivity index (χ3v) is 4.37. The SMILES string of the molecule is CCCc1ncc(CNc2cnn(CC(=O)N3CCCCC3)c2)cn1. The number of amides is 1. The second-order valence-electron chi connectivity index (χ2n) is 6.48. The Hall–Kier alpha value is -2.44. The fourth-order valence-corrected chi connectivity index (χ4v) is 2.95. The van der Waals surface area contributed by atoms with E-state index in [0.717, 1.165) is 55.8 Å². The quantitative estimate of drug-likeness (QED) is 0.835. The van der Waals surface area contributed by atoms with Gasteiger partial charge < -0.3 is 10.2 Å². The van der Waals surface area contributed by atoms with Crippen molar-refractivity contribution in [1.29, 1.82) is 0 Å². The molecule has 0 atom stereocenters. The van der Waals surface area contributed by atoms with Gasteiger partial charge in [0.15, 0.2) is 0 Å². The van der Waals surface area contributed by atoms with Crippen LogP contribution >= 0.6 is 0 Å². The molecule has 1 N–H and O–H groups in total. The molecule has 3 rings (SSSR count). The molecule has 1 aliphatic heterocycles. The minimum Gasteiger partial charge on any atom is -0.378 e. The first kappa shape index (κ1) is 17.4. The van der Waals surface area contributed by atoms with E-state index in [0.29, 0.717) is 13.1 Å². The predicted molar refractivity (Wildman–Crippen MR) is 96.0 cm³/mol.